The van der Waals surface area contributed by atoms with Crippen LogP contribution in [-0.2, 0) is 32.0 Å². The summed E-state index contributed by atoms with van der Waals surface area (Å²) in [6.07, 6.45) is 2.67. The second kappa shape index (κ2) is 10.00. The van der Waals surface area contributed by atoms with Crippen molar-refractivity contribution in [3.05, 3.63) is 47.5 Å². The van der Waals surface area contributed by atoms with Crippen molar-refractivity contribution < 1.29 is 39.6 Å². The molecule has 3 fully saturated rings. The van der Waals surface area contributed by atoms with Crippen molar-refractivity contribution in [1.29, 1.82) is 0 Å². The molecule has 2 heterocycles. The van der Waals surface area contributed by atoms with E-state index in [-0.39, 0.29) is 72.3 Å². The summed E-state index contributed by atoms with van der Waals surface area (Å²) in [7, 11) is 0. The summed E-state index contributed by atoms with van der Waals surface area (Å²) >= 11 is 0. The van der Waals surface area contributed by atoms with E-state index in [9.17, 15) is 39.6 Å². The van der Waals surface area contributed by atoms with Gasteiger partial charge in [0.25, 0.3) is 0 Å². The molecule has 2 aromatic carbocycles. The number of carbonyl (C=O) groups excluding carboxylic acids is 4. The molecule has 0 aromatic heterocycles. The summed E-state index contributed by atoms with van der Waals surface area (Å²) in [5.41, 5.74) is 0.891. The van der Waals surface area contributed by atoms with Gasteiger partial charge in [0.05, 0.1) is 23.9 Å². The van der Waals surface area contributed by atoms with Crippen molar-refractivity contribution in [2.75, 3.05) is 0 Å². The van der Waals surface area contributed by atoms with Crippen molar-refractivity contribution in [2.45, 2.75) is 63.5 Å². The highest BCUT2D eigenvalue weighted by Gasteiger charge is 2.51. The molecule has 1 saturated carbocycles. The summed E-state index contributed by atoms with van der Waals surface area (Å²) in [4.78, 5) is 55.5. The number of imide groups is 2. The van der Waals surface area contributed by atoms with Gasteiger partial charge in [0.2, 0.25) is 23.6 Å². The van der Waals surface area contributed by atoms with Crippen molar-refractivity contribution in [3.8, 4) is 23.0 Å². The van der Waals surface area contributed by atoms with Crippen LogP contribution in [0.5, 0.6) is 23.0 Å². The molecule has 200 valence electrons. The van der Waals surface area contributed by atoms with Crippen LogP contribution in [-0.4, -0.2) is 65.9 Å². The third-order valence-electron chi connectivity index (χ3n) is 7.98. The molecule has 10 heteroatoms. The fraction of sp³-hybridized carbons (Fsp3) is 0.429. The minimum absolute atomic E-state index is 0.0347. The lowest BCUT2D eigenvalue weighted by Gasteiger charge is -2.41. The van der Waals surface area contributed by atoms with E-state index < -0.39 is 23.9 Å². The number of amides is 4. The summed E-state index contributed by atoms with van der Waals surface area (Å²) in [5, 5.41) is 39.4. The number of nitrogens with zero attached hydrogens (tertiary/aromatic N) is 2. The Bertz CT molecular complexity index is 1210. The lowest BCUT2D eigenvalue weighted by atomic mass is 9.87. The number of aromatic hydroxyl groups is 4. The molecular weight excluding hydrogens is 492 g/mol. The number of benzene rings is 2. The molecule has 0 radical (unpaired) electrons. The van der Waals surface area contributed by atoms with Crippen molar-refractivity contribution in [2.24, 2.45) is 11.8 Å². The third kappa shape index (κ3) is 4.66. The number of hydrogen-bond acceptors (Lipinski definition) is 8. The maximum atomic E-state index is 13.4. The molecule has 3 aliphatic rings. The topological polar surface area (TPSA) is 156 Å². The van der Waals surface area contributed by atoms with Crippen molar-refractivity contribution >= 4 is 23.6 Å². The minimum Gasteiger partial charge on any atom is -0.508 e. The maximum absolute atomic E-state index is 13.4. The zero-order valence-corrected chi connectivity index (χ0v) is 20.7. The Kier molecular flexibility index (Phi) is 6.73. The number of carbonyl (C=O) groups is 4. The van der Waals surface area contributed by atoms with Gasteiger partial charge in [-0.1, -0.05) is 25.0 Å². The largest absolute Gasteiger partial charge is 0.508 e. The zero-order valence-electron chi connectivity index (χ0n) is 20.7. The second-order valence-corrected chi connectivity index (χ2v) is 10.5. The summed E-state index contributed by atoms with van der Waals surface area (Å²) in [5.74, 6) is -3.38. The molecule has 2 aromatic rings. The average molecular weight is 523 g/mol. The highest BCUT2D eigenvalue weighted by atomic mass is 16.3. The maximum Gasteiger partial charge on any atom is 0.233 e. The molecule has 0 spiro atoms. The first-order valence-corrected chi connectivity index (χ1v) is 12.9. The Hall–Kier alpha value is -4.08. The smallest absolute Gasteiger partial charge is 0.233 e. The van der Waals surface area contributed by atoms with Crippen LogP contribution in [0, 0.1) is 11.8 Å². The first-order chi connectivity index (χ1) is 18.1. The Morgan fingerprint density at radius 3 is 1.39 bits per heavy atom. The fourth-order valence-corrected chi connectivity index (χ4v) is 6.12. The molecule has 2 aliphatic heterocycles. The standard InChI is InChI=1S/C28H30N2O8/c31-19-7-5-15(23(33)13-19)9-17-11-25(35)29(27(17)37)21-3-1-2-4-22(21)30-26(36)12-18(28(30)38)10-16-6-8-20(32)14-24(16)34/h5-8,13-14,17-18,21-22,31-34H,1-4,9-12H2. The normalized spacial score (nSPS) is 26.0. The number of likely N-dealkylation sites (tertiary alicyclic amines) is 2. The van der Waals surface area contributed by atoms with Gasteiger partial charge >= 0.3 is 0 Å². The van der Waals surface area contributed by atoms with Crippen molar-refractivity contribution in [3.63, 3.8) is 0 Å². The van der Waals surface area contributed by atoms with Gasteiger partial charge in [0.1, 0.15) is 23.0 Å². The van der Waals surface area contributed by atoms with Gasteiger partial charge in [-0.25, -0.2) is 0 Å². The van der Waals surface area contributed by atoms with E-state index in [4.69, 9.17) is 0 Å². The van der Waals surface area contributed by atoms with Crippen LogP contribution in [0.3, 0.4) is 0 Å². The minimum atomic E-state index is -0.685. The first-order valence-electron chi connectivity index (χ1n) is 12.9. The van der Waals surface area contributed by atoms with Gasteiger partial charge < -0.3 is 20.4 Å². The van der Waals surface area contributed by atoms with Crippen LogP contribution in [0.15, 0.2) is 36.4 Å². The van der Waals surface area contributed by atoms with Crippen LogP contribution in [0.25, 0.3) is 0 Å². The molecule has 4 unspecified atom stereocenters. The number of rotatable bonds is 6. The molecule has 5 rings (SSSR count). The van der Waals surface area contributed by atoms with Crippen LogP contribution in [0.2, 0.25) is 0 Å². The van der Waals surface area contributed by atoms with Gasteiger partial charge in [-0.3, -0.25) is 29.0 Å². The summed E-state index contributed by atoms with van der Waals surface area (Å²) < 4.78 is 0. The molecule has 1 aliphatic carbocycles. The van der Waals surface area contributed by atoms with Gasteiger partial charge in [-0.15, -0.1) is 0 Å². The van der Waals surface area contributed by atoms with Crippen LogP contribution >= 0.6 is 0 Å². The van der Waals surface area contributed by atoms with Crippen LogP contribution in [0.4, 0.5) is 0 Å². The van der Waals surface area contributed by atoms with E-state index in [1.165, 1.54) is 46.2 Å². The summed E-state index contributed by atoms with van der Waals surface area (Å²) in [6.45, 7) is 0. The second-order valence-electron chi connectivity index (χ2n) is 10.5. The number of phenols is 4. The van der Waals surface area contributed by atoms with E-state index in [0.29, 0.717) is 24.0 Å². The van der Waals surface area contributed by atoms with Gasteiger partial charge in [-0.05, 0) is 48.9 Å². The van der Waals surface area contributed by atoms with Crippen LogP contribution < -0.4 is 0 Å². The monoisotopic (exact) mass is 522 g/mol. The van der Waals surface area contributed by atoms with Gasteiger partial charge in [-0.2, -0.15) is 0 Å². The lowest BCUT2D eigenvalue weighted by molar-refractivity contribution is -0.152. The zero-order chi connectivity index (χ0) is 27.1. The Morgan fingerprint density at radius 2 is 1.03 bits per heavy atom. The third-order valence-corrected chi connectivity index (χ3v) is 7.98. The van der Waals surface area contributed by atoms with Gasteiger partial charge in [0, 0.05) is 25.0 Å². The average Bonchev–Trinajstić information content (AvgIpc) is 3.30. The quantitative estimate of drug-likeness (QED) is 0.422. The lowest BCUT2D eigenvalue weighted by Crippen LogP contribution is -2.57. The highest BCUT2D eigenvalue weighted by Crippen LogP contribution is 2.38. The SMILES string of the molecule is O=C1CC(Cc2ccc(O)cc2O)C(=O)N1C1CCCCC1N1C(=O)CC(Cc2ccc(O)cc2O)C1=O. The highest BCUT2D eigenvalue weighted by molar-refractivity contribution is 6.06. The Labute approximate surface area is 219 Å². The fourth-order valence-electron chi connectivity index (χ4n) is 6.12. The van der Waals surface area contributed by atoms with E-state index in [0.717, 1.165) is 12.8 Å². The Balaban J connectivity index is 1.34. The van der Waals surface area contributed by atoms with Crippen molar-refractivity contribution in [1.82, 2.24) is 9.80 Å². The number of hydrogen-bond donors (Lipinski definition) is 4. The molecule has 4 N–H and O–H groups in total. The first kappa shape index (κ1) is 25.6. The predicted octanol–water partition coefficient (Wildman–Crippen LogP) is 2.36. The van der Waals surface area contributed by atoms with Crippen LogP contribution in [0.1, 0.15) is 49.7 Å². The van der Waals surface area contributed by atoms with E-state index in [2.05, 4.69) is 0 Å². The molecule has 10 nitrogen and oxygen atoms in total. The van der Waals surface area contributed by atoms with Gasteiger partial charge in [0.15, 0.2) is 0 Å². The van der Waals surface area contributed by atoms with E-state index >= 15 is 0 Å². The number of phenolic OH excluding ortho intramolecular Hbond substituents is 4. The Morgan fingerprint density at radius 1 is 0.632 bits per heavy atom. The molecule has 4 amide bonds. The molecular formula is C28H30N2O8. The van der Waals surface area contributed by atoms with E-state index in [1.807, 2.05) is 0 Å². The van der Waals surface area contributed by atoms with E-state index in [1.54, 1.807) is 0 Å². The molecule has 2 saturated heterocycles. The summed E-state index contributed by atoms with van der Waals surface area (Å²) in [6, 6.07) is 6.99. The predicted molar refractivity (Wildman–Crippen MR) is 133 cm³/mol. The molecule has 4 atom stereocenters. The molecule has 38 heavy (non-hydrogen) atoms. The molecule has 0 bridgehead atoms.